The smallest absolute Gasteiger partial charge is 0.137 e. The van der Waals surface area contributed by atoms with Gasteiger partial charge in [-0.05, 0) is 25.7 Å². The van der Waals surface area contributed by atoms with Gasteiger partial charge in [0.2, 0.25) is 0 Å². The van der Waals surface area contributed by atoms with E-state index in [1.807, 2.05) is 6.92 Å². The lowest BCUT2D eigenvalue weighted by Crippen LogP contribution is -2.26. The zero-order chi connectivity index (χ0) is 15.4. The van der Waals surface area contributed by atoms with Crippen LogP contribution in [-0.2, 0) is 0 Å². The highest BCUT2D eigenvalue weighted by Gasteiger charge is 2.29. The number of aliphatic hydroxyl groups excluding tert-OH is 1. The lowest BCUT2D eigenvalue weighted by Gasteiger charge is -2.24. The number of nitrogens with one attached hydrogen (secondary N) is 1. The molecule has 2 atom stereocenters. The van der Waals surface area contributed by atoms with E-state index in [0.717, 1.165) is 44.1 Å². The molecule has 1 aromatic rings. The molecule has 5 heteroatoms. The van der Waals surface area contributed by atoms with Crippen LogP contribution >= 0.6 is 0 Å². The Morgan fingerprint density at radius 2 is 2.14 bits per heavy atom. The summed E-state index contributed by atoms with van der Waals surface area (Å²) in [5, 5.41) is 13.2. The molecule has 0 aromatic carbocycles. The topological polar surface area (TPSA) is 61.3 Å². The number of anilines is 2. The summed E-state index contributed by atoms with van der Waals surface area (Å²) < 4.78 is 0. The second kappa shape index (κ2) is 7.07. The Morgan fingerprint density at radius 1 is 1.38 bits per heavy atom. The van der Waals surface area contributed by atoms with Crippen LogP contribution in [0.1, 0.15) is 52.0 Å². The minimum atomic E-state index is -0.253. The van der Waals surface area contributed by atoms with E-state index in [1.54, 1.807) is 6.33 Å². The predicted octanol–water partition coefficient (Wildman–Crippen LogP) is 2.63. The second-order valence-electron chi connectivity index (χ2n) is 6.28. The summed E-state index contributed by atoms with van der Waals surface area (Å²) in [4.78, 5) is 11.3. The summed E-state index contributed by atoms with van der Waals surface area (Å²) in [5.74, 6) is 2.69. The fourth-order valence-electron chi connectivity index (χ4n) is 2.93. The number of aliphatic hydroxyl groups is 1. The van der Waals surface area contributed by atoms with Crippen LogP contribution in [0.25, 0.3) is 0 Å². The van der Waals surface area contributed by atoms with E-state index in [2.05, 4.69) is 41.0 Å². The molecule has 2 N–H and O–H groups in total. The van der Waals surface area contributed by atoms with E-state index in [9.17, 15) is 5.11 Å². The van der Waals surface area contributed by atoms with E-state index >= 15 is 0 Å². The van der Waals surface area contributed by atoms with Crippen LogP contribution in [-0.4, -0.2) is 40.8 Å². The average molecular weight is 292 g/mol. The predicted molar refractivity (Wildman–Crippen MR) is 86.9 cm³/mol. The fourth-order valence-corrected chi connectivity index (χ4v) is 2.93. The Labute approximate surface area is 127 Å². The number of aromatic nitrogens is 2. The maximum Gasteiger partial charge on any atom is 0.137 e. The van der Waals surface area contributed by atoms with Crippen molar-refractivity contribution < 1.29 is 5.11 Å². The van der Waals surface area contributed by atoms with Crippen LogP contribution in [0.4, 0.5) is 11.6 Å². The largest absolute Gasteiger partial charge is 0.393 e. The van der Waals surface area contributed by atoms with Gasteiger partial charge in [0.05, 0.1) is 6.10 Å². The first-order chi connectivity index (χ1) is 10.0. The molecule has 0 radical (unpaired) electrons. The molecule has 118 valence electrons. The van der Waals surface area contributed by atoms with Crippen LogP contribution in [0.15, 0.2) is 6.33 Å². The first-order valence-electron chi connectivity index (χ1n) is 8.06. The highest BCUT2D eigenvalue weighted by molar-refractivity contribution is 5.60. The van der Waals surface area contributed by atoms with Gasteiger partial charge in [-0.1, -0.05) is 20.8 Å². The Hall–Kier alpha value is -1.36. The van der Waals surface area contributed by atoms with Crippen LogP contribution in [0.3, 0.4) is 0 Å². The third kappa shape index (κ3) is 3.64. The van der Waals surface area contributed by atoms with Gasteiger partial charge < -0.3 is 15.3 Å². The molecule has 5 nitrogen and oxygen atoms in total. The Morgan fingerprint density at radius 3 is 2.71 bits per heavy atom. The molecule has 0 amide bonds. The molecular weight excluding hydrogens is 264 g/mol. The van der Waals surface area contributed by atoms with Crippen LogP contribution in [0, 0.1) is 5.92 Å². The standard InChI is InChI=1S/C16H28N4O/c1-5-7-17-15-14(11(2)3)16(19-10-18-15)20-8-6-13(9-20)12(4)21/h10-13,21H,5-9H2,1-4H3,(H,17,18,19). The number of nitrogens with zero attached hydrogens (tertiary/aromatic N) is 3. The molecule has 2 unspecified atom stereocenters. The maximum atomic E-state index is 9.79. The summed E-state index contributed by atoms with van der Waals surface area (Å²) in [5.41, 5.74) is 1.19. The van der Waals surface area contributed by atoms with Gasteiger partial charge in [-0.25, -0.2) is 9.97 Å². The van der Waals surface area contributed by atoms with Gasteiger partial charge in [0, 0.05) is 31.1 Å². The average Bonchev–Trinajstić information content (AvgIpc) is 2.94. The van der Waals surface area contributed by atoms with Crippen molar-refractivity contribution in [2.45, 2.75) is 52.6 Å². The van der Waals surface area contributed by atoms with E-state index in [4.69, 9.17) is 0 Å². The number of hydrogen-bond acceptors (Lipinski definition) is 5. The van der Waals surface area contributed by atoms with Gasteiger partial charge in [0.1, 0.15) is 18.0 Å². The molecule has 2 heterocycles. The molecule has 21 heavy (non-hydrogen) atoms. The zero-order valence-electron chi connectivity index (χ0n) is 13.6. The van der Waals surface area contributed by atoms with E-state index < -0.39 is 0 Å². The highest BCUT2D eigenvalue weighted by atomic mass is 16.3. The van der Waals surface area contributed by atoms with Crippen molar-refractivity contribution in [3.05, 3.63) is 11.9 Å². The van der Waals surface area contributed by atoms with Crippen molar-refractivity contribution in [3.8, 4) is 0 Å². The quantitative estimate of drug-likeness (QED) is 0.844. The van der Waals surface area contributed by atoms with Crippen molar-refractivity contribution in [1.29, 1.82) is 0 Å². The lowest BCUT2D eigenvalue weighted by atomic mass is 10.0. The summed E-state index contributed by atoms with van der Waals surface area (Å²) in [6.07, 6.45) is 3.49. The SMILES string of the molecule is CCCNc1ncnc(N2CCC(C(C)O)C2)c1C(C)C. The van der Waals surface area contributed by atoms with Crippen molar-refractivity contribution >= 4 is 11.6 Å². The lowest BCUT2D eigenvalue weighted by molar-refractivity contribution is 0.136. The zero-order valence-corrected chi connectivity index (χ0v) is 13.6. The van der Waals surface area contributed by atoms with Gasteiger partial charge in [0.25, 0.3) is 0 Å². The first kappa shape index (κ1) is 16.0. The van der Waals surface area contributed by atoms with Crippen LogP contribution in [0.2, 0.25) is 0 Å². The van der Waals surface area contributed by atoms with Crippen LogP contribution in [0.5, 0.6) is 0 Å². The normalized spacial score (nSPS) is 20.1. The molecular formula is C16H28N4O. The van der Waals surface area contributed by atoms with Gasteiger partial charge in [-0.15, -0.1) is 0 Å². The highest BCUT2D eigenvalue weighted by Crippen LogP contribution is 2.34. The molecule has 1 aliphatic heterocycles. The van der Waals surface area contributed by atoms with Gasteiger partial charge in [-0.2, -0.15) is 0 Å². The van der Waals surface area contributed by atoms with Crippen molar-refractivity contribution in [2.75, 3.05) is 29.9 Å². The van der Waals surface area contributed by atoms with E-state index in [-0.39, 0.29) is 6.10 Å². The van der Waals surface area contributed by atoms with E-state index in [1.165, 1.54) is 5.56 Å². The van der Waals surface area contributed by atoms with Crippen molar-refractivity contribution in [3.63, 3.8) is 0 Å². The molecule has 1 aromatic heterocycles. The molecule has 0 aliphatic carbocycles. The molecule has 0 bridgehead atoms. The van der Waals surface area contributed by atoms with Gasteiger partial charge in [-0.3, -0.25) is 0 Å². The molecule has 0 saturated carbocycles. The maximum absolute atomic E-state index is 9.79. The number of hydrogen-bond donors (Lipinski definition) is 2. The Balaban J connectivity index is 2.26. The Kier molecular flexibility index (Phi) is 5.39. The molecule has 0 spiro atoms. The van der Waals surface area contributed by atoms with Gasteiger partial charge >= 0.3 is 0 Å². The van der Waals surface area contributed by atoms with Crippen molar-refractivity contribution in [1.82, 2.24) is 9.97 Å². The monoisotopic (exact) mass is 292 g/mol. The minimum absolute atomic E-state index is 0.253. The summed E-state index contributed by atoms with van der Waals surface area (Å²) in [7, 11) is 0. The molecule has 1 saturated heterocycles. The number of rotatable bonds is 6. The fraction of sp³-hybridized carbons (Fsp3) is 0.750. The summed E-state index contributed by atoms with van der Waals surface area (Å²) in [6, 6.07) is 0. The van der Waals surface area contributed by atoms with Gasteiger partial charge in [0.15, 0.2) is 0 Å². The molecule has 1 fully saturated rings. The third-order valence-electron chi connectivity index (χ3n) is 4.19. The van der Waals surface area contributed by atoms with E-state index in [0.29, 0.717) is 11.8 Å². The summed E-state index contributed by atoms with van der Waals surface area (Å²) in [6.45, 7) is 11.2. The Bertz CT molecular complexity index is 462. The third-order valence-corrected chi connectivity index (χ3v) is 4.19. The van der Waals surface area contributed by atoms with Crippen LogP contribution < -0.4 is 10.2 Å². The van der Waals surface area contributed by atoms with Crippen molar-refractivity contribution in [2.24, 2.45) is 5.92 Å². The summed E-state index contributed by atoms with van der Waals surface area (Å²) >= 11 is 0. The molecule has 1 aliphatic rings. The second-order valence-corrected chi connectivity index (χ2v) is 6.28. The minimum Gasteiger partial charge on any atom is -0.393 e. The first-order valence-corrected chi connectivity index (χ1v) is 8.06. The molecule has 2 rings (SSSR count).